The Bertz CT molecular complexity index is 865. The summed E-state index contributed by atoms with van der Waals surface area (Å²) in [5.41, 5.74) is 3.87. The number of para-hydroxylation sites is 1. The molecule has 0 saturated heterocycles. The van der Waals surface area contributed by atoms with E-state index in [2.05, 4.69) is 5.10 Å². The minimum atomic E-state index is -0.228. The molecule has 25 heavy (non-hydrogen) atoms. The third kappa shape index (κ3) is 2.98. The number of rotatable bonds is 3. The second-order valence-electron chi connectivity index (χ2n) is 5.96. The van der Waals surface area contributed by atoms with Crippen LogP contribution in [0.1, 0.15) is 33.6 Å². The summed E-state index contributed by atoms with van der Waals surface area (Å²) in [4.78, 5) is 25.3. The molecule has 0 fully saturated rings. The van der Waals surface area contributed by atoms with Gasteiger partial charge in [0.15, 0.2) is 5.78 Å². The van der Waals surface area contributed by atoms with Gasteiger partial charge in [0.05, 0.1) is 22.0 Å². The van der Waals surface area contributed by atoms with Gasteiger partial charge < -0.3 is 0 Å². The van der Waals surface area contributed by atoms with Crippen LogP contribution in [0.15, 0.2) is 63.8 Å². The van der Waals surface area contributed by atoms with Crippen molar-refractivity contribution in [1.82, 2.24) is 0 Å². The van der Waals surface area contributed by atoms with E-state index in [-0.39, 0.29) is 11.7 Å². The monoisotopic (exact) mass is 354 g/mol. The predicted molar refractivity (Wildman–Crippen MR) is 101 cm³/mol. The smallest absolute Gasteiger partial charge is 0.281 e. The summed E-state index contributed by atoms with van der Waals surface area (Å²) in [5, 5.41) is 6.19. The molecule has 3 rings (SSSR count). The molecule has 0 unspecified atom stereocenters. The molecule has 4 nitrogen and oxygen atoms in total. The summed E-state index contributed by atoms with van der Waals surface area (Å²) in [6.07, 6.45) is 4.88. The minimum Gasteiger partial charge on any atom is -0.289 e. The number of allylic oxidation sites excluding steroid dienone is 5. The normalized spacial score (nSPS) is 17.8. The van der Waals surface area contributed by atoms with Gasteiger partial charge in [0.25, 0.3) is 5.91 Å². The van der Waals surface area contributed by atoms with Gasteiger partial charge in [-0.3, -0.25) is 9.59 Å². The maximum Gasteiger partial charge on any atom is 0.281 e. The number of carbonyl (C=O) groups is 2. The van der Waals surface area contributed by atoms with Crippen molar-refractivity contribution in [2.75, 3.05) is 5.01 Å². The lowest BCUT2D eigenvalue weighted by Gasteiger charge is -2.16. The van der Waals surface area contributed by atoms with Crippen LogP contribution in [0.3, 0.4) is 0 Å². The number of Topliss-reactive ketones (excluding diaryl/α,β-unsaturated/α-hetero) is 1. The number of benzene rings is 1. The SMILES string of the molecule is CCC1=CC(=C2C(=O)N(c3ccccc3Cl)N=C2C)C=C(CC)C1=O. The molecule has 0 bridgehead atoms. The van der Waals surface area contributed by atoms with E-state index in [0.717, 1.165) is 16.7 Å². The van der Waals surface area contributed by atoms with E-state index in [0.29, 0.717) is 34.8 Å². The van der Waals surface area contributed by atoms with Gasteiger partial charge in [0.2, 0.25) is 0 Å². The number of hydrogen-bond donors (Lipinski definition) is 0. The number of ketones is 1. The highest BCUT2D eigenvalue weighted by molar-refractivity contribution is 6.36. The summed E-state index contributed by atoms with van der Waals surface area (Å²) in [6, 6.07) is 7.11. The Labute approximate surface area is 152 Å². The highest BCUT2D eigenvalue weighted by Crippen LogP contribution is 2.33. The standard InChI is InChI=1S/C20H19ClN2O2/c1-4-13-10-15(11-14(5-2)19(13)24)18-12(3)22-23(20(18)25)17-9-7-6-8-16(17)21/h6-11H,4-5H2,1-3H3. The van der Waals surface area contributed by atoms with Crippen molar-refractivity contribution in [2.24, 2.45) is 5.10 Å². The van der Waals surface area contributed by atoms with Crippen LogP contribution in [0.25, 0.3) is 0 Å². The highest BCUT2D eigenvalue weighted by Gasteiger charge is 2.33. The summed E-state index contributed by atoms with van der Waals surface area (Å²) in [7, 11) is 0. The Morgan fingerprint density at radius 3 is 2.20 bits per heavy atom. The average Bonchev–Trinajstić information content (AvgIpc) is 2.90. The average molecular weight is 355 g/mol. The van der Waals surface area contributed by atoms with E-state index in [1.165, 1.54) is 5.01 Å². The topological polar surface area (TPSA) is 49.7 Å². The first kappa shape index (κ1) is 17.4. The molecule has 128 valence electrons. The number of amides is 1. The fourth-order valence-electron chi connectivity index (χ4n) is 3.05. The zero-order valence-corrected chi connectivity index (χ0v) is 15.2. The first-order valence-electron chi connectivity index (χ1n) is 8.32. The first-order chi connectivity index (χ1) is 12.0. The van der Waals surface area contributed by atoms with E-state index in [1.807, 2.05) is 38.1 Å². The maximum atomic E-state index is 13.0. The van der Waals surface area contributed by atoms with Crippen LogP contribution in [-0.4, -0.2) is 17.4 Å². The van der Waals surface area contributed by atoms with Crippen LogP contribution in [0, 0.1) is 0 Å². The van der Waals surface area contributed by atoms with Crippen LogP contribution in [0.4, 0.5) is 5.69 Å². The maximum absolute atomic E-state index is 13.0. The molecule has 5 heteroatoms. The molecule has 1 aliphatic carbocycles. The molecule has 1 aliphatic heterocycles. The van der Waals surface area contributed by atoms with Gasteiger partial charge in [0.1, 0.15) is 0 Å². The van der Waals surface area contributed by atoms with E-state index in [9.17, 15) is 9.59 Å². The lowest BCUT2D eigenvalue weighted by Crippen LogP contribution is -2.23. The van der Waals surface area contributed by atoms with Gasteiger partial charge in [-0.1, -0.05) is 37.6 Å². The Morgan fingerprint density at radius 2 is 1.64 bits per heavy atom. The molecule has 0 aromatic heterocycles. The predicted octanol–water partition coefficient (Wildman–Crippen LogP) is 4.61. The van der Waals surface area contributed by atoms with E-state index >= 15 is 0 Å². The largest absolute Gasteiger partial charge is 0.289 e. The van der Waals surface area contributed by atoms with Gasteiger partial charge in [-0.15, -0.1) is 0 Å². The van der Waals surface area contributed by atoms with Gasteiger partial charge in [-0.05, 0) is 49.6 Å². The Kier molecular flexibility index (Phi) is 4.73. The quantitative estimate of drug-likeness (QED) is 0.744. The van der Waals surface area contributed by atoms with E-state index in [1.54, 1.807) is 19.1 Å². The Morgan fingerprint density at radius 1 is 1.04 bits per heavy atom. The Hall–Kier alpha value is -2.46. The second-order valence-corrected chi connectivity index (χ2v) is 6.37. The van der Waals surface area contributed by atoms with Crippen LogP contribution >= 0.6 is 11.6 Å². The number of anilines is 1. The fraction of sp³-hybridized carbons (Fsp3) is 0.250. The van der Waals surface area contributed by atoms with Crippen LogP contribution in [0.5, 0.6) is 0 Å². The molecule has 2 aliphatic rings. The molecule has 1 aromatic carbocycles. The van der Waals surface area contributed by atoms with Crippen molar-refractivity contribution in [3.63, 3.8) is 0 Å². The van der Waals surface area contributed by atoms with E-state index < -0.39 is 0 Å². The summed E-state index contributed by atoms with van der Waals surface area (Å²) < 4.78 is 0. The van der Waals surface area contributed by atoms with E-state index in [4.69, 9.17) is 11.6 Å². The molecular weight excluding hydrogens is 336 g/mol. The number of hydrogen-bond acceptors (Lipinski definition) is 3. The molecule has 0 spiro atoms. The first-order valence-corrected chi connectivity index (χ1v) is 8.70. The third-order valence-electron chi connectivity index (χ3n) is 4.39. The number of nitrogens with zero attached hydrogens (tertiary/aromatic N) is 2. The molecule has 0 saturated carbocycles. The van der Waals surface area contributed by atoms with Gasteiger partial charge in [-0.25, -0.2) is 0 Å². The molecular formula is C20H19ClN2O2. The second kappa shape index (κ2) is 6.81. The van der Waals surface area contributed by atoms with Gasteiger partial charge in [-0.2, -0.15) is 10.1 Å². The minimum absolute atomic E-state index is 0.0670. The van der Waals surface area contributed by atoms with Crippen molar-refractivity contribution in [3.8, 4) is 0 Å². The lowest BCUT2D eigenvalue weighted by atomic mass is 9.88. The van der Waals surface area contributed by atoms with Gasteiger partial charge >= 0.3 is 0 Å². The third-order valence-corrected chi connectivity index (χ3v) is 4.71. The molecule has 1 heterocycles. The molecule has 1 amide bonds. The summed E-state index contributed by atoms with van der Waals surface area (Å²) in [5.74, 6) is -0.161. The lowest BCUT2D eigenvalue weighted by molar-refractivity contribution is -0.114. The van der Waals surface area contributed by atoms with Gasteiger partial charge in [0, 0.05) is 11.1 Å². The van der Waals surface area contributed by atoms with Crippen molar-refractivity contribution >= 4 is 34.7 Å². The molecule has 1 aromatic rings. The van der Waals surface area contributed by atoms with Crippen molar-refractivity contribution in [1.29, 1.82) is 0 Å². The Balaban J connectivity index is 2.11. The molecule has 0 radical (unpaired) electrons. The number of halogens is 1. The zero-order chi connectivity index (χ0) is 18.1. The van der Waals surface area contributed by atoms with Crippen LogP contribution < -0.4 is 5.01 Å². The zero-order valence-electron chi connectivity index (χ0n) is 14.5. The van der Waals surface area contributed by atoms with Crippen molar-refractivity contribution in [2.45, 2.75) is 33.6 Å². The molecule has 0 atom stereocenters. The van der Waals surface area contributed by atoms with Crippen molar-refractivity contribution in [3.05, 3.63) is 63.7 Å². The van der Waals surface area contributed by atoms with Crippen LogP contribution in [0.2, 0.25) is 5.02 Å². The van der Waals surface area contributed by atoms with Crippen molar-refractivity contribution < 1.29 is 9.59 Å². The highest BCUT2D eigenvalue weighted by atomic mass is 35.5. The summed E-state index contributed by atoms with van der Waals surface area (Å²) in [6.45, 7) is 5.68. The number of carbonyl (C=O) groups excluding carboxylic acids is 2. The summed E-state index contributed by atoms with van der Waals surface area (Å²) >= 11 is 6.21. The van der Waals surface area contributed by atoms with Crippen LogP contribution in [-0.2, 0) is 9.59 Å². The molecule has 0 N–H and O–H groups in total. The number of hydrazone groups is 1. The fourth-order valence-corrected chi connectivity index (χ4v) is 3.26.